The molecule has 0 unspecified atom stereocenters. The predicted molar refractivity (Wildman–Crippen MR) is 145 cm³/mol. The summed E-state index contributed by atoms with van der Waals surface area (Å²) in [6.07, 6.45) is 2.64. The van der Waals surface area contributed by atoms with Crippen molar-refractivity contribution >= 4 is 40.8 Å². The van der Waals surface area contributed by atoms with Gasteiger partial charge in [-0.25, -0.2) is 0 Å². The van der Waals surface area contributed by atoms with E-state index in [2.05, 4.69) is 43.0 Å². The minimum atomic E-state index is -0.389. The molecule has 2 aromatic carbocycles. The van der Waals surface area contributed by atoms with Gasteiger partial charge in [-0.15, -0.1) is 5.10 Å². The Morgan fingerprint density at radius 3 is 2.61 bits per heavy atom. The van der Waals surface area contributed by atoms with E-state index in [1.165, 1.54) is 0 Å². The number of carbonyl (C=O) groups is 1. The van der Waals surface area contributed by atoms with Gasteiger partial charge >= 0.3 is 0 Å². The summed E-state index contributed by atoms with van der Waals surface area (Å²) < 4.78 is 5.63. The van der Waals surface area contributed by atoms with Crippen molar-refractivity contribution < 1.29 is 14.6 Å². The van der Waals surface area contributed by atoms with Gasteiger partial charge in [0.05, 0.1) is 12.0 Å². The minimum absolute atomic E-state index is 0.0488. The zero-order valence-electron chi connectivity index (χ0n) is 20.6. The van der Waals surface area contributed by atoms with Crippen LogP contribution in [0.2, 0.25) is 10.0 Å². The lowest BCUT2D eigenvalue weighted by molar-refractivity contribution is -0.131. The van der Waals surface area contributed by atoms with Gasteiger partial charge in [0.15, 0.2) is 0 Å². The molecule has 2 fully saturated rings. The van der Waals surface area contributed by atoms with Crippen LogP contribution in [0.15, 0.2) is 54.1 Å². The summed E-state index contributed by atoms with van der Waals surface area (Å²) in [5.74, 6) is 6.40. The van der Waals surface area contributed by atoms with Crippen molar-refractivity contribution in [2.24, 2.45) is 22.3 Å². The number of aliphatic hydroxyl groups excluding tert-OH is 1. The Morgan fingerprint density at radius 2 is 2.00 bits per heavy atom. The van der Waals surface area contributed by atoms with Crippen molar-refractivity contribution in [3.63, 3.8) is 0 Å². The van der Waals surface area contributed by atoms with Crippen LogP contribution in [-0.2, 0) is 9.53 Å². The van der Waals surface area contributed by atoms with Crippen LogP contribution >= 0.6 is 23.2 Å². The molecule has 0 aromatic heterocycles. The Morgan fingerprint density at radius 1 is 1.28 bits per heavy atom. The second-order valence-electron chi connectivity index (χ2n) is 9.78. The number of ether oxygens (including phenoxy) is 1. The standard InChI is InChI=1S/C28H33Cl2N3O3/c1-4-28-13-11-22(21-10-7-19(15-23(21)30)17(3)36-24(33-31)12-14-34)25(18-5-8-20(29)9-6-18)26(28)16(2)32-27(28)35/h5-10,15-16,22,25-26,34H,3-4,11-14,31H2,1-2H3,(H,32,35)/b33-24-/t16-,22+,25+,26+,28-/m1/s1. The maximum Gasteiger partial charge on any atom is 0.226 e. The van der Waals surface area contributed by atoms with Gasteiger partial charge in [-0.2, -0.15) is 0 Å². The lowest BCUT2D eigenvalue weighted by atomic mass is 9.54. The molecule has 1 amide bonds. The summed E-state index contributed by atoms with van der Waals surface area (Å²) in [6, 6.07) is 13.8. The van der Waals surface area contributed by atoms with Crippen LogP contribution in [0, 0.1) is 11.3 Å². The number of nitrogens with two attached hydrogens (primary N) is 1. The molecule has 4 N–H and O–H groups in total. The molecule has 1 aliphatic heterocycles. The Kier molecular flexibility index (Phi) is 7.98. The summed E-state index contributed by atoms with van der Waals surface area (Å²) in [6.45, 7) is 8.07. The topological polar surface area (TPSA) is 96.9 Å². The van der Waals surface area contributed by atoms with E-state index >= 15 is 0 Å². The van der Waals surface area contributed by atoms with Crippen LogP contribution in [0.1, 0.15) is 68.1 Å². The number of fused-ring (bicyclic) bond motifs is 1. The summed E-state index contributed by atoms with van der Waals surface area (Å²) in [7, 11) is 0. The first-order valence-electron chi connectivity index (χ1n) is 12.4. The predicted octanol–water partition coefficient (Wildman–Crippen LogP) is 5.83. The van der Waals surface area contributed by atoms with Crippen LogP contribution in [0.5, 0.6) is 0 Å². The lowest BCUT2D eigenvalue weighted by Crippen LogP contribution is -2.43. The van der Waals surface area contributed by atoms with Gasteiger partial charge in [0.2, 0.25) is 11.8 Å². The SMILES string of the molecule is C=C(O/C(CCO)=N\N)c1ccc([C@@H]2CC[C@@]3(CC)C(=O)N[C@H](C)[C@H]3[C@H]2c2ccc(Cl)cc2)c(Cl)c1. The van der Waals surface area contributed by atoms with E-state index in [4.69, 9.17) is 38.9 Å². The van der Waals surface area contributed by atoms with E-state index in [-0.39, 0.29) is 54.0 Å². The number of carbonyl (C=O) groups excluding carboxylic acids is 1. The van der Waals surface area contributed by atoms with Gasteiger partial charge in [0.1, 0.15) is 5.76 Å². The van der Waals surface area contributed by atoms with Gasteiger partial charge in [0, 0.05) is 34.0 Å². The number of rotatable bonds is 7. The monoisotopic (exact) mass is 529 g/mol. The van der Waals surface area contributed by atoms with Crippen LogP contribution < -0.4 is 11.2 Å². The number of halogens is 2. The molecular weight excluding hydrogens is 497 g/mol. The van der Waals surface area contributed by atoms with Gasteiger partial charge in [-0.1, -0.05) is 61.0 Å². The number of nitrogens with zero attached hydrogens (tertiary/aromatic N) is 1. The molecule has 36 heavy (non-hydrogen) atoms. The fourth-order valence-corrected chi connectivity index (χ4v) is 6.78. The fourth-order valence-electron chi connectivity index (χ4n) is 6.33. The normalized spacial score (nSPS) is 27.9. The number of amides is 1. The van der Waals surface area contributed by atoms with Crippen molar-refractivity contribution in [3.05, 3.63) is 75.8 Å². The van der Waals surface area contributed by atoms with E-state index in [1.54, 1.807) is 0 Å². The van der Waals surface area contributed by atoms with Crippen molar-refractivity contribution in [1.82, 2.24) is 5.32 Å². The molecule has 0 bridgehead atoms. The molecule has 0 radical (unpaired) electrons. The molecule has 1 saturated carbocycles. The smallest absolute Gasteiger partial charge is 0.226 e. The molecule has 2 aromatic rings. The second kappa shape index (κ2) is 10.8. The zero-order chi connectivity index (χ0) is 26.0. The third-order valence-electron chi connectivity index (χ3n) is 8.03. The van der Waals surface area contributed by atoms with Crippen molar-refractivity contribution in [1.29, 1.82) is 0 Å². The maximum atomic E-state index is 13.2. The summed E-state index contributed by atoms with van der Waals surface area (Å²) >= 11 is 13.1. The number of nitrogens with one attached hydrogen (secondary N) is 1. The Bertz CT molecular complexity index is 1170. The molecule has 5 atom stereocenters. The fraction of sp³-hybridized carbons (Fsp3) is 0.429. The van der Waals surface area contributed by atoms with Gasteiger partial charge in [-0.3, -0.25) is 4.79 Å². The molecule has 4 rings (SSSR count). The molecule has 1 saturated heterocycles. The highest BCUT2D eigenvalue weighted by Gasteiger charge is 2.59. The Balaban J connectivity index is 1.72. The molecule has 2 aliphatic rings. The van der Waals surface area contributed by atoms with E-state index < -0.39 is 0 Å². The van der Waals surface area contributed by atoms with Crippen molar-refractivity contribution in [2.75, 3.05) is 6.61 Å². The van der Waals surface area contributed by atoms with Gasteiger partial charge in [0.25, 0.3) is 0 Å². The number of hydrazone groups is 1. The summed E-state index contributed by atoms with van der Waals surface area (Å²) in [5.41, 5.74) is 2.51. The van der Waals surface area contributed by atoms with E-state index in [9.17, 15) is 4.79 Å². The first-order valence-corrected chi connectivity index (χ1v) is 13.1. The average Bonchev–Trinajstić information content (AvgIpc) is 3.13. The molecule has 192 valence electrons. The molecular formula is C28H33Cl2N3O3. The van der Waals surface area contributed by atoms with Crippen LogP contribution in [0.4, 0.5) is 0 Å². The van der Waals surface area contributed by atoms with Crippen LogP contribution in [0.25, 0.3) is 5.76 Å². The third kappa shape index (κ3) is 4.74. The lowest BCUT2D eigenvalue weighted by Gasteiger charge is -2.47. The molecule has 6 nitrogen and oxygen atoms in total. The largest absolute Gasteiger partial charge is 0.441 e. The zero-order valence-corrected chi connectivity index (χ0v) is 22.1. The average molecular weight is 530 g/mol. The number of hydrogen-bond donors (Lipinski definition) is 3. The van der Waals surface area contributed by atoms with Crippen molar-refractivity contribution in [3.8, 4) is 0 Å². The minimum Gasteiger partial charge on any atom is -0.441 e. The van der Waals surface area contributed by atoms with Crippen LogP contribution in [-0.4, -0.2) is 29.6 Å². The maximum absolute atomic E-state index is 13.2. The number of aliphatic hydroxyl groups is 1. The Hall–Kier alpha value is -2.54. The molecule has 0 spiro atoms. The van der Waals surface area contributed by atoms with Gasteiger partial charge in [-0.05, 0) is 67.3 Å². The van der Waals surface area contributed by atoms with E-state index in [1.807, 2.05) is 30.3 Å². The first-order chi connectivity index (χ1) is 17.2. The van der Waals surface area contributed by atoms with Gasteiger partial charge < -0.3 is 21.0 Å². The number of benzene rings is 2. The number of hydrogen-bond acceptors (Lipinski definition) is 5. The first kappa shape index (κ1) is 26.5. The quantitative estimate of drug-likeness (QED) is 0.138. The van der Waals surface area contributed by atoms with E-state index in [0.29, 0.717) is 21.4 Å². The van der Waals surface area contributed by atoms with Crippen molar-refractivity contribution in [2.45, 2.75) is 57.4 Å². The highest BCUT2D eigenvalue weighted by Crippen LogP contribution is 2.60. The molecule has 1 heterocycles. The molecule has 8 heteroatoms. The Labute approximate surface area is 222 Å². The highest BCUT2D eigenvalue weighted by atomic mass is 35.5. The molecule has 1 aliphatic carbocycles. The third-order valence-corrected chi connectivity index (χ3v) is 8.61. The van der Waals surface area contributed by atoms with Crippen LogP contribution in [0.3, 0.4) is 0 Å². The summed E-state index contributed by atoms with van der Waals surface area (Å²) in [5, 5.41) is 17.2. The highest BCUT2D eigenvalue weighted by molar-refractivity contribution is 6.31. The van der Waals surface area contributed by atoms with E-state index in [0.717, 1.165) is 30.4 Å². The summed E-state index contributed by atoms with van der Waals surface area (Å²) in [4.78, 5) is 13.2. The second-order valence-corrected chi connectivity index (χ2v) is 10.6.